The van der Waals surface area contributed by atoms with Gasteiger partial charge >= 0.3 is 0 Å². The lowest BCUT2D eigenvalue weighted by molar-refractivity contribution is 0.102. The molecule has 0 aliphatic carbocycles. The Hall–Kier alpha value is -1.70. The summed E-state index contributed by atoms with van der Waals surface area (Å²) in [5.41, 5.74) is 0.448. The van der Waals surface area contributed by atoms with Gasteiger partial charge in [-0.1, -0.05) is 35.0 Å². The van der Waals surface area contributed by atoms with E-state index < -0.39 is 5.91 Å². The van der Waals surface area contributed by atoms with Crippen molar-refractivity contribution in [3.8, 4) is 11.5 Å². The molecule has 0 spiro atoms. The minimum absolute atomic E-state index is 0.0695. The van der Waals surface area contributed by atoms with Crippen LogP contribution in [0.5, 0.6) is 11.5 Å². The van der Waals surface area contributed by atoms with Crippen LogP contribution in [0.3, 0.4) is 0 Å². The first-order chi connectivity index (χ1) is 11.0. The summed E-state index contributed by atoms with van der Waals surface area (Å²) < 4.78 is 10.3. The molecule has 1 N–H and O–H groups in total. The van der Waals surface area contributed by atoms with Crippen molar-refractivity contribution in [1.29, 1.82) is 0 Å². The zero-order valence-electron chi connectivity index (χ0n) is 12.5. The van der Waals surface area contributed by atoms with Gasteiger partial charge < -0.3 is 14.8 Å². The Morgan fingerprint density at radius 3 is 2.48 bits per heavy atom. The zero-order chi connectivity index (χ0) is 17.0. The number of nitrogens with one attached hydrogen (secondary N) is 1. The minimum atomic E-state index is -0.493. The van der Waals surface area contributed by atoms with E-state index in [0.717, 1.165) is 0 Å². The predicted octanol–water partition coefficient (Wildman–Crippen LogP) is 3.77. The van der Waals surface area contributed by atoms with Crippen molar-refractivity contribution in [1.82, 2.24) is 9.97 Å². The molecule has 0 aliphatic heterocycles. The smallest absolute Gasteiger partial charge is 0.276 e. The van der Waals surface area contributed by atoms with Crippen molar-refractivity contribution in [2.75, 3.05) is 25.8 Å². The molecule has 1 amide bonds. The average molecular weight is 374 g/mol. The summed E-state index contributed by atoms with van der Waals surface area (Å²) in [6.45, 7) is 0. The number of ether oxygens (including phenoxy) is 2. The van der Waals surface area contributed by atoms with Crippen LogP contribution in [0.15, 0.2) is 23.5 Å². The summed E-state index contributed by atoms with van der Waals surface area (Å²) in [6.07, 6.45) is 3.19. The highest BCUT2D eigenvalue weighted by molar-refractivity contribution is 7.98. The van der Waals surface area contributed by atoms with Crippen LogP contribution in [0.1, 0.15) is 10.5 Å². The lowest BCUT2D eigenvalue weighted by Gasteiger charge is -2.13. The van der Waals surface area contributed by atoms with Gasteiger partial charge in [-0.25, -0.2) is 9.97 Å². The number of benzene rings is 1. The molecule has 0 saturated heterocycles. The molecule has 1 aromatic carbocycles. The highest BCUT2D eigenvalue weighted by atomic mass is 35.5. The number of aromatic nitrogens is 2. The van der Waals surface area contributed by atoms with E-state index in [0.29, 0.717) is 27.4 Å². The number of carbonyl (C=O) groups is 1. The summed E-state index contributed by atoms with van der Waals surface area (Å²) in [5, 5.41) is 3.60. The van der Waals surface area contributed by atoms with E-state index in [9.17, 15) is 4.79 Å². The van der Waals surface area contributed by atoms with Crippen molar-refractivity contribution >= 4 is 46.6 Å². The van der Waals surface area contributed by atoms with Crippen LogP contribution in [0, 0.1) is 0 Å². The number of hydrogen-bond donors (Lipinski definition) is 1. The Morgan fingerprint density at radius 1 is 1.17 bits per heavy atom. The third kappa shape index (κ3) is 3.99. The Kier molecular flexibility index (Phi) is 5.92. The first-order valence-electron chi connectivity index (χ1n) is 6.29. The van der Waals surface area contributed by atoms with Crippen LogP contribution in [0.2, 0.25) is 10.0 Å². The Bertz CT molecular complexity index is 743. The number of nitrogens with zero attached hydrogens (tertiary/aromatic N) is 2. The van der Waals surface area contributed by atoms with Gasteiger partial charge in [0.05, 0.1) is 36.1 Å². The normalized spacial score (nSPS) is 10.3. The molecule has 0 radical (unpaired) electrons. The number of methoxy groups -OCH3 is 2. The van der Waals surface area contributed by atoms with Crippen LogP contribution in [0.4, 0.5) is 5.69 Å². The molecule has 1 heterocycles. The molecule has 1 aromatic heterocycles. The molecule has 2 rings (SSSR count). The van der Waals surface area contributed by atoms with Gasteiger partial charge in [-0.3, -0.25) is 4.79 Å². The second-order valence-corrected chi connectivity index (χ2v) is 5.78. The third-order valence-electron chi connectivity index (χ3n) is 2.84. The van der Waals surface area contributed by atoms with Crippen molar-refractivity contribution in [3.05, 3.63) is 34.1 Å². The quantitative estimate of drug-likeness (QED) is 0.634. The van der Waals surface area contributed by atoms with Gasteiger partial charge in [0.15, 0.2) is 10.9 Å². The van der Waals surface area contributed by atoms with Gasteiger partial charge in [0.1, 0.15) is 11.5 Å². The fourth-order valence-electron chi connectivity index (χ4n) is 1.75. The molecule has 0 bridgehead atoms. The van der Waals surface area contributed by atoms with Gasteiger partial charge in [-0.05, 0) is 12.3 Å². The third-order valence-corrected chi connectivity index (χ3v) is 3.98. The summed E-state index contributed by atoms with van der Waals surface area (Å²) in [5.74, 6) is 0.341. The molecule has 9 heteroatoms. The SMILES string of the molecule is COc1cc(OC)c(NC(=O)c2nc(SC)ncc2Cl)cc1Cl. The van der Waals surface area contributed by atoms with Crippen molar-refractivity contribution in [2.45, 2.75) is 5.16 Å². The summed E-state index contributed by atoms with van der Waals surface area (Å²) >= 11 is 13.4. The van der Waals surface area contributed by atoms with Crippen LogP contribution >= 0.6 is 35.0 Å². The number of amides is 1. The number of halogens is 2. The standard InChI is InChI=1S/C14H13Cl2N3O3S/c1-21-10-5-11(22-2)9(4-7(10)15)18-13(20)12-8(16)6-17-14(19-12)23-3/h4-6H,1-3H3,(H,18,20). The minimum Gasteiger partial charge on any atom is -0.495 e. The molecule has 6 nitrogen and oxygen atoms in total. The molecule has 2 aromatic rings. The maximum absolute atomic E-state index is 12.4. The van der Waals surface area contributed by atoms with Crippen molar-refractivity contribution in [2.24, 2.45) is 0 Å². The van der Waals surface area contributed by atoms with E-state index in [1.807, 2.05) is 0 Å². The highest BCUT2D eigenvalue weighted by Crippen LogP contribution is 2.36. The molecule has 0 aliphatic rings. The lowest BCUT2D eigenvalue weighted by atomic mass is 10.2. The van der Waals surface area contributed by atoms with Gasteiger partial charge in [0, 0.05) is 6.07 Å². The van der Waals surface area contributed by atoms with Gasteiger partial charge in [-0.2, -0.15) is 0 Å². The number of carbonyl (C=O) groups excluding carboxylic acids is 1. The maximum atomic E-state index is 12.4. The first kappa shape index (κ1) is 17.7. The van der Waals surface area contributed by atoms with Gasteiger partial charge in [0.25, 0.3) is 5.91 Å². The molecule has 0 saturated carbocycles. The Morgan fingerprint density at radius 2 is 1.87 bits per heavy atom. The van der Waals surface area contributed by atoms with Gasteiger partial charge in [-0.15, -0.1) is 0 Å². The van der Waals surface area contributed by atoms with E-state index in [1.54, 1.807) is 12.3 Å². The second kappa shape index (κ2) is 7.72. The van der Waals surface area contributed by atoms with E-state index >= 15 is 0 Å². The fraction of sp³-hybridized carbons (Fsp3) is 0.214. The van der Waals surface area contributed by atoms with Gasteiger partial charge in [0.2, 0.25) is 0 Å². The Balaban J connectivity index is 2.35. The predicted molar refractivity (Wildman–Crippen MR) is 91.3 cm³/mol. The van der Waals surface area contributed by atoms with E-state index in [4.69, 9.17) is 32.7 Å². The molecule has 0 atom stereocenters. The molecule has 0 unspecified atom stereocenters. The largest absolute Gasteiger partial charge is 0.495 e. The van der Waals surface area contributed by atoms with E-state index in [2.05, 4.69) is 15.3 Å². The Labute approximate surface area is 147 Å². The monoisotopic (exact) mass is 373 g/mol. The zero-order valence-corrected chi connectivity index (χ0v) is 14.8. The lowest BCUT2D eigenvalue weighted by Crippen LogP contribution is -2.16. The van der Waals surface area contributed by atoms with Crippen LogP contribution in [0.25, 0.3) is 0 Å². The molecular weight excluding hydrogens is 361 g/mol. The fourth-order valence-corrected chi connectivity index (χ4v) is 2.51. The summed E-state index contributed by atoms with van der Waals surface area (Å²) in [7, 11) is 2.96. The highest BCUT2D eigenvalue weighted by Gasteiger charge is 2.17. The van der Waals surface area contributed by atoms with E-state index in [1.165, 1.54) is 38.2 Å². The average Bonchev–Trinajstić information content (AvgIpc) is 2.55. The second-order valence-electron chi connectivity index (χ2n) is 4.19. The summed E-state index contributed by atoms with van der Waals surface area (Å²) in [6, 6.07) is 3.11. The maximum Gasteiger partial charge on any atom is 0.276 e. The topological polar surface area (TPSA) is 73.3 Å². The first-order valence-corrected chi connectivity index (χ1v) is 8.27. The van der Waals surface area contributed by atoms with Crippen molar-refractivity contribution < 1.29 is 14.3 Å². The molecule has 0 fully saturated rings. The number of anilines is 1. The van der Waals surface area contributed by atoms with E-state index in [-0.39, 0.29) is 10.7 Å². The molecular formula is C14H13Cl2N3O3S. The number of hydrogen-bond acceptors (Lipinski definition) is 6. The molecule has 23 heavy (non-hydrogen) atoms. The van der Waals surface area contributed by atoms with Crippen LogP contribution < -0.4 is 14.8 Å². The van der Waals surface area contributed by atoms with Crippen LogP contribution in [-0.4, -0.2) is 36.4 Å². The molecule has 122 valence electrons. The van der Waals surface area contributed by atoms with Crippen LogP contribution in [-0.2, 0) is 0 Å². The van der Waals surface area contributed by atoms with Crippen molar-refractivity contribution in [3.63, 3.8) is 0 Å². The summed E-state index contributed by atoms with van der Waals surface area (Å²) in [4.78, 5) is 20.5. The number of thioether (sulfide) groups is 1. The number of rotatable bonds is 5.